The number of nitrogens with zero attached hydrogens (tertiary/aromatic N) is 1. The van der Waals surface area contributed by atoms with Crippen molar-refractivity contribution in [1.29, 1.82) is 0 Å². The van der Waals surface area contributed by atoms with Crippen molar-refractivity contribution in [3.05, 3.63) is 41.0 Å². The molecule has 124 valence electrons. The summed E-state index contributed by atoms with van der Waals surface area (Å²) in [5.41, 5.74) is 5.10. The van der Waals surface area contributed by atoms with E-state index in [2.05, 4.69) is 38.1 Å². The summed E-state index contributed by atoms with van der Waals surface area (Å²) in [4.78, 5) is 24.5. The summed E-state index contributed by atoms with van der Waals surface area (Å²) >= 11 is 0. The summed E-state index contributed by atoms with van der Waals surface area (Å²) in [6.07, 6.45) is 4.83. The molecule has 4 nitrogen and oxygen atoms in total. The maximum Gasteiger partial charge on any atom is 0.303 e. The van der Waals surface area contributed by atoms with E-state index in [1.807, 2.05) is 4.90 Å². The van der Waals surface area contributed by atoms with E-state index >= 15 is 0 Å². The van der Waals surface area contributed by atoms with Crippen molar-refractivity contribution < 1.29 is 14.7 Å². The van der Waals surface area contributed by atoms with Gasteiger partial charge in [0.25, 0.3) is 0 Å². The van der Waals surface area contributed by atoms with E-state index in [0.29, 0.717) is 25.8 Å². The van der Waals surface area contributed by atoms with E-state index in [1.54, 1.807) is 0 Å². The van der Waals surface area contributed by atoms with Crippen molar-refractivity contribution in [3.8, 4) is 0 Å². The van der Waals surface area contributed by atoms with Gasteiger partial charge < -0.3 is 10.0 Å². The van der Waals surface area contributed by atoms with Crippen molar-refractivity contribution in [3.63, 3.8) is 0 Å². The molecule has 0 bridgehead atoms. The van der Waals surface area contributed by atoms with Crippen molar-refractivity contribution in [2.24, 2.45) is 0 Å². The van der Waals surface area contributed by atoms with Crippen LogP contribution in [0.1, 0.15) is 48.8 Å². The van der Waals surface area contributed by atoms with E-state index < -0.39 is 5.97 Å². The third-order valence-electron chi connectivity index (χ3n) is 4.19. The van der Waals surface area contributed by atoms with Gasteiger partial charge in [0.1, 0.15) is 0 Å². The maximum absolute atomic E-state index is 12.1. The third kappa shape index (κ3) is 5.23. The highest BCUT2D eigenvalue weighted by molar-refractivity contribution is 5.78. The largest absolute Gasteiger partial charge is 0.481 e. The molecule has 1 aromatic carbocycles. The molecule has 1 amide bonds. The molecule has 0 fully saturated rings. The molecule has 0 spiro atoms. The second-order valence-corrected chi connectivity index (χ2v) is 6.30. The number of aryl methyl sites for hydroxylation is 2. The first-order valence-electron chi connectivity index (χ1n) is 8.23. The van der Waals surface area contributed by atoms with Crippen LogP contribution in [-0.4, -0.2) is 35.0 Å². The molecule has 1 aliphatic rings. The fourth-order valence-electron chi connectivity index (χ4n) is 3.03. The Bertz CT molecular complexity index is 599. The van der Waals surface area contributed by atoms with Gasteiger partial charge >= 0.3 is 5.97 Å². The smallest absolute Gasteiger partial charge is 0.303 e. The van der Waals surface area contributed by atoms with Gasteiger partial charge in [-0.25, -0.2) is 0 Å². The zero-order chi connectivity index (χ0) is 16.8. The van der Waals surface area contributed by atoms with E-state index in [4.69, 9.17) is 5.11 Å². The molecular weight excluding hydrogens is 290 g/mol. The Labute approximate surface area is 137 Å². The predicted octanol–water partition coefficient (Wildman–Crippen LogP) is 3.56. The average Bonchev–Trinajstić information content (AvgIpc) is 2.50. The van der Waals surface area contributed by atoms with Crippen molar-refractivity contribution >= 4 is 17.4 Å². The fraction of sp³-hybridized carbons (Fsp3) is 0.474. The number of carbonyl (C=O) groups excluding carboxylic acids is 1. The van der Waals surface area contributed by atoms with Gasteiger partial charge in [0.15, 0.2) is 0 Å². The van der Waals surface area contributed by atoms with Crippen LogP contribution in [0.4, 0.5) is 0 Å². The maximum atomic E-state index is 12.1. The lowest BCUT2D eigenvalue weighted by Crippen LogP contribution is -2.34. The van der Waals surface area contributed by atoms with E-state index in [0.717, 1.165) is 13.0 Å². The Hall–Kier alpha value is -2.10. The Kier molecular flexibility index (Phi) is 5.97. The molecule has 0 aliphatic carbocycles. The third-order valence-corrected chi connectivity index (χ3v) is 4.19. The average molecular weight is 315 g/mol. The van der Waals surface area contributed by atoms with Crippen LogP contribution in [0, 0.1) is 13.8 Å². The molecule has 0 saturated heterocycles. The monoisotopic (exact) mass is 315 g/mol. The van der Waals surface area contributed by atoms with Gasteiger partial charge in [0.2, 0.25) is 5.91 Å². The molecule has 1 N–H and O–H groups in total. The van der Waals surface area contributed by atoms with Crippen LogP contribution in [0.3, 0.4) is 0 Å². The zero-order valence-corrected chi connectivity index (χ0v) is 14.0. The molecular formula is C19H25NO3. The van der Waals surface area contributed by atoms with Gasteiger partial charge in [0, 0.05) is 25.9 Å². The minimum Gasteiger partial charge on any atom is -0.481 e. The molecule has 0 atom stereocenters. The molecule has 1 aromatic rings. The molecule has 0 saturated carbocycles. The number of benzene rings is 1. The number of unbranched alkanes of at least 4 members (excludes halogenated alkanes) is 1. The number of rotatable bonds is 6. The molecule has 0 unspecified atom stereocenters. The number of carboxylic acids is 1. The van der Waals surface area contributed by atoms with Crippen LogP contribution in [0.15, 0.2) is 24.3 Å². The second kappa shape index (κ2) is 7.95. The highest BCUT2D eigenvalue weighted by Crippen LogP contribution is 2.24. The first-order valence-corrected chi connectivity index (χ1v) is 8.23. The van der Waals surface area contributed by atoms with Crippen molar-refractivity contribution in [2.75, 3.05) is 13.1 Å². The van der Waals surface area contributed by atoms with Crippen LogP contribution in [0.25, 0.3) is 5.57 Å². The molecule has 1 aliphatic heterocycles. The number of hydrogen-bond donors (Lipinski definition) is 1. The summed E-state index contributed by atoms with van der Waals surface area (Å²) in [7, 11) is 0. The lowest BCUT2D eigenvalue weighted by Gasteiger charge is -2.27. The Balaban J connectivity index is 1.87. The van der Waals surface area contributed by atoms with Gasteiger partial charge in [-0.2, -0.15) is 0 Å². The number of carboxylic acid groups (broad SMARTS) is 1. The Morgan fingerprint density at radius 2 is 1.74 bits per heavy atom. The molecule has 0 aromatic heterocycles. The van der Waals surface area contributed by atoms with Crippen LogP contribution < -0.4 is 0 Å². The van der Waals surface area contributed by atoms with Crippen molar-refractivity contribution in [2.45, 2.75) is 46.0 Å². The SMILES string of the molecule is Cc1cc(C)cc(C2=CCN(C(=O)CCCCC(=O)O)CC2)c1. The summed E-state index contributed by atoms with van der Waals surface area (Å²) in [5, 5.41) is 8.60. The van der Waals surface area contributed by atoms with Gasteiger partial charge in [-0.05, 0) is 44.2 Å². The highest BCUT2D eigenvalue weighted by Gasteiger charge is 2.17. The van der Waals surface area contributed by atoms with Crippen LogP contribution in [-0.2, 0) is 9.59 Å². The Morgan fingerprint density at radius 1 is 1.09 bits per heavy atom. The first kappa shape index (κ1) is 17.3. The Morgan fingerprint density at radius 3 is 2.30 bits per heavy atom. The lowest BCUT2D eigenvalue weighted by molar-refractivity contribution is -0.137. The number of carbonyl (C=O) groups is 2. The molecule has 2 rings (SSSR count). The number of amides is 1. The van der Waals surface area contributed by atoms with Crippen LogP contribution in [0.2, 0.25) is 0 Å². The van der Waals surface area contributed by atoms with E-state index in [-0.39, 0.29) is 12.3 Å². The molecule has 23 heavy (non-hydrogen) atoms. The standard InChI is InChI=1S/C19H25NO3/c1-14-11-15(2)13-17(12-14)16-7-9-20(10-8-16)18(21)5-3-4-6-19(22)23/h7,11-13H,3-6,8-10H2,1-2H3,(H,22,23). The quantitative estimate of drug-likeness (QED) is 0.817. The highest BCUT2D eigenvalue weighted by atomic mass is 16.4. The lowest BCUT2D eigenvalue weighted by atomic mass is 9.96. The number of hydrogen-bond acceptors (Lipinski definition) is 2. The normalized spacial score (nSPS) is 14.5. The molecule has 4 heteroatoms. The van der Waals surface area contributed by atoms with Gasteiger partial charge in [-0.15, -0.1) is 0 Å². The minimum absolute atomic E-state index is 0.131. The minimum atomic E-state index is -0.795. The summed E-state index contributed by atoms with van der Waals surface area (Å²) in [6, 6.07) is 6.56. The summed E-state index contributed by atoms with van der Waals surface area (Å²) < 4.78 is 0. The van der Waals surface area contributed by atoms with Gasteiger partial charge in [-0.3, -0.25) is 9.59 Å². The molecule has 0 radical (unpaired) electrons. The predicted molar refractivity (Wildman–Crippen MR) is 91.2 cm³/mol. The van der Waals surface area contributed by atoms with E-state index in [1.165, 1.54) is 22.3 Å². The first-order chi connectivity index (χ1) is 11.0. The van der Waals surface area contributed by atoms with Crippen LogP contribution in [0.5, 0.6) is 0 Å². The van der Waals surface area contributed by atoms with Crippen LogP contribution >= 0.6 is 0 Å². The topological polar surface area (TPSA) is 57.6 Å². The van der Waals surface area contributed by atoms with Crippen molar-refractivity contribution in [1.82, 2.24) is 4.90 Å². The zero-order valence-electron chi connectivity index (χ0n) is 14.0. The summed E-state index contributed by atoms with van der Waals surface area (Å²) in [5.74, 6) is -0.664. The van der Waals surface area contributed by atoms with E-state index in [9.17, 15) is 9.59 Å². The fourth-order valence-corrected chi connectivity index (χ4v) is 3.03. The van der Waals surface area contributed by atoms with Gasteiger partial charge in [-0.1, -0.05) is 35.4 Å². The van der Waals surface area contributed by atoms with Gasteiger partial charge in [0.05, 0.1) is 0 Å². The summed E-state index contributed by atoms with van der Waals surface area (Å²) in [6.45, 7) is 5.61. The molecule has 1 heterocycles. The second-order valence-electron chi connectivity index (χ2n) is 6.30. The number of aliphatic carboxylic acids is 1.